The zero-order valence-electron chi connectivity index (χ0n) is 18.0. The van der Waals surface area contributed by atoms with E-state index in [-0.39, 0.29) is 11.7 Å². The number of carbonyl (C=O) groups excluding carboxylic acids is 1. The molecule has 30 heavy (non-hydrogen) atoms. The van der Waals surface area contributed by atoms with Crippen LogP contribution in [0.25, 0.3) is 6.08 Å². The molecule has 5 nitrogen and oxygen atoms in total. The van der Waals surface area contributed by atoms with Crippen molar-refractivity contribution < 1.29 is 18.7 Å². The van der Waals surface area contributed by atoms with Crippen molar-refractivity contribution in [1.82, 2.24) is 10.2 Å². The molecule has 2 rings (SSSR count). The SMILES string of the molecule is COc1cccc(CCN(C)CCCNC(=O)C/C=C/c2ccc(F)cc2)c1OC. The number of benzene rings is 2. The van der Waals surface area contributed by atoms with E-state index in [1.165, 1.54) is 12.1 Å². The largest absolute Gasteiger partial charge is 0.493 e. The van der Waals surface area contributed by atoms with E-state index >= 15 is 0 Å². The van der Waals surface area contributed by atoms with E-state index in [4.69, 9.17) is 9.47 Å². The first kappa shape index (κ1) is 23.4. The van der Waals surface area contributed by atoms with Gasteiger partial charge in [-0.2, -0.15) is 0 Å². The molecule has 2 aromatic rings. The third-order valence-electron chi connectivity index (χ3n) is 4.77. The number of hydrogen-bond acceptors (Lipinski definition) is 4. The molecule has 1 N–H and O–H groups in total. The first-order chi connectivity index (χ1) is 14.5. The van der Waals surface area contributed by atoms with E-state index in [2.05, 4.69) is 23.3 Å². The Morgan fingerprint density at radius 3 is 2.57 bits per heavy atom. The molecule has 0 saturated heterocycles. The number of rotatable bonds is 12. The third kappa shape index (κ3) is 7.87. The maximum Gasteiger partial charge on any atom is 0.223 e. The smallest absolute Gasteiger partial charge is 0.223 e. The molecule has 162 valence electrons. The van der Waals surface area contributed by atoms with Crippen LogP contribution in [-0.4, -0.2) is 51.7 Å². The molecule has 0 aliphatic carbocycles. The number of halogens is 1. The fourth-order valence-corrected chi connectivity index (χ4v) is 3.10. The Morgan fingerprint density at radius 2 is 1.87 bits per heavy atom. The van der Waals surface area contributed by atoms with Gasteiger partial charge in [0.1, 0.15) is 5.82 Å². The number of hydrogen-bond donors (Lipinski definition) is 1. The Bertz CT molecular complexity index is 822. The van der Waals surface area contributed by atoms with Crippen molar-refractivity contribution in [2.75, 3.05) is 40.9 Å². The number of methoxy groups -OCH3 is 2. The van der Waals surface area contributed by atoms with Crippen LogP contribution in [0.5, 0.6) is 11.5 Å². The van der Waals surface area contributed by atoms with Gasteiger partial charge in [-0.25, -0.2) is 4.39 Å². The Kier molecular flexibility index (Phi) is 9.87. The minimum absolute atomic E-state index is 0.0165. The molecular weight excluding hydrogens is 383 g/mol. The van der Waals surface area contributed by atoms with Crippen LogP contribution in [-0.2, 0) is 11.2 Å². The number of nitrogens with zero attached hydrogens (tertiary/aromatic N) is 1. The monoisotopic (exact) mass is 414 g/mol. The maximum atomic E-state index is 12.9. The summed E-state index contributed by atoms with van der Waals surface area (Å²) in [5.74, 6) is 1.25. The quantitative estimate of drug-likeness (QED) is 0.535. The molecule has 0 aliphatic heterocycles. The van der Waals surface area contributed by atoms with Crippen molar-refractivity contribution in [3.05, 3.63) is 65.5 Å². The molecule has 0 fully saturated rings. The first-order valence-corrected chi connectivity index (χ1v) is 10.1. The average Bonchev–Trinajstić information content (AvgIpc) is 2.76. The summed E-state index contributed by atoms with van der Waals surface area (Å²) in [7, 11) is 5.36. The summed E-state index contributed by atoms with van der Waals surface area (Å²) < 4.78 is 23.7. The van der Waals surface area contributed by atoms with Gasteiger partial charge in [0.2, 0.25) is 5.91 Å². The highest BCUT2D eigenvalue weighted by Crippen LogP contribution is 2.30. The lowest BCUT2D eigenvalue weighted by Crippen LogP contribution is -2.28. The van der Waals surface area contributed by atoms with Gasteiger partial charge >= 0.3 is 0 Å². The summed E-state index contributed by atoms with van der Waals surface area (Å²) in [6.45, 7) is 2.41. The number of amides is 1. The second-order valence-electron chi connectivity index (χ2n) is 7.07. The summed E-state index contributed by atoms with van der Waals surface area (Å²) in [5, 5.41) is 2.93. The van der Waals surface area contributed by atoms with Gasteiger partial charge in [0.05, 0.1) is 14.2 Å². The third-order valence-corrected chi connectivity index (χ3v) is 4.77. The number of carbonyl (C=O) groups is 1. The number of ether oxygens (including phenoxy) is 2. The number of likely N-dealkylation sites (N-methyl/N-ethyl adjacent to an activating group) is 1. The molecule has 0 aromatic heterocycles. The van der Waals surface area contributed by atoms with Crippen LogP contribution >= 0.6 is 0 Å². The van der Waals surface area contributed by atoms with E-state index in [1.54, 1.807) is 32.4 Å². The minimum Gasteiger partial charge on any atom is -0.493 e. The summed E-state index contributed by atoms with van der Waals surface area (Å²) in [4.78, 5) is 14.1. The fraction of sp³-hybridized carbons (Fsp3) is 0.375. The van der Waals surface area contributed by atoms with Crippen LogP contribution < -0.4 is 14.8 Å². The maximum absolute atomic E-state index is 12.9. The second-order valence-corrected chi connectivity index (χ2v) is 7.07. The van der Waals surface area contributed by atoms with Gasteiger partial charge in [0, 0.05) is 19.5 Å². The lowest BCUT2D eigenvalue weighted by atomic mass is 10.1. The van der Waals surface area contributed by atoms with Gasteiger partial charge in [0.15, 0.2) is 11.5 Å². The molecule has 0 aliphatic rings. The second kappa shape index (κ2) is 12.6. The molecular formula is C24H31FN2O3. The summed E-state index contributed by atoms with van der Waals surface area (Å²) in [6, 6.07) is 12.1. The molecule has 0 radical (unpaired) electrons. The molecule has 0 atom stereocenters. The van der Waals surface area contributed by atoms with Crippen molar-refractivity contribution in [3.63, 3.8) is 0 Å². The van der Waals surface area contributed by atoms with Gasteiger partial charge in [-0.15, -0.1) is 0 Å². The van der Waals surface area contributed by atoms with Crippen molar-refractivity contribution in [3.8, 4) is 11.5 Å². The van der Waals surface area contributed by atoms with Crippen molar-refractivity contribution in [2.45, 2.75) is 19.3 Å². The Morgan fingerprint density at radius 1 is 1.10 bits per heavy atom. The van der Waals surface area contributed by atoms with Crippen LogP contribution in [0.3, 0.4) is 0 Å². The van der Waals surface area contributed by atoms with Crippen LogP contribution in [0.15, 0.2) is 48.5 Å². The van der Waals surface area contributed by atoms with E-state index in [0.29, 0.717) is 13.0 Å². The van der Waals surface area contributed by atoms with Crippen LogP contribution in [0.2, 0.25) is 0 Å². The highest BCUT2D eigenvalue weighted by atomic mass is 19.1. The van der Waals surface area contributed by atoms with E-state index in [1.807, 2.05) is 18.2 Å². The summed E-state index contributed by atoms with van der Waals surface area (Å²) >= 11 is 0. The Hall–Kier alpha value is -2.86. The average molecular weight is 415 g/mol. The zero-order valence-corrected chi connectivity index (χ0v) is 18.0. The standard InChI is InChI=1S/C24H31FN2O3/c1-27(18-15-20-8-5-9-22(29-2)24(20)30-3)17-6-16-26-23(28)10-4-7-19-11-13-21(25)14-12-19/h4-5,7-9,11-14H,6,10,15-18H2,1-3H3,(H,26,28)/b7-4+. The van der Waals surface area contributed by atoms with Gasteiger partial charge in [-0.3, -0.25) is 4.79 Å². The van der Waals surface area contributed by atoms with Gasteiger partial charge in [-0.05, 0) is 55.8 Å². The number of nitrogens with one attached hydrogen (secondary N) is 1. The fourth-order valence-electron chi connectivity index (χ4n) is 3.10. The van der Waals surface area contributed by atoms with Crippen molar-refractivity contribution in [2.24, 2.45) is 0 Å². The van der Waals surface area contributed by atoms with Gasteiger partial charge in [-0.1, -0.05) is 36.4 Å². The summed E-state index contributed by atoms with van der Waals surface area (Å²) in [6.07, 6.45) is 5.65. The van der Waals surface area contributed by atoms with E-state index in [0.717, 1.165) is 48.6 Å². The highest BCUT2D eigenvalue weighted by Gasteiger charge is 2.10. The molecule has 0 bridgehead atoms. The molecule has 2 aromatic carbocycles. The normalized spacial score (nSPS) is 11.1. The molecule has 0 saturated carbocycles. The lowest BCUT2D eigenvalue weighted by Gasteiger charge is -2.18. The topological polar surface area (TPSA) is 50.8 Å². The van der Waals surface area contributed by atoms with Crippen LogP contribution in [0.4, 0.5) is 4.39 Å². The van der Waals surface area contributed by atoms with Crippen molar-refractivity contribution in [1.29, 1.82) is 0 Å². The Balaban J connectivity index is 1.63. The van der Waals surface area contributed by atoms with Crippen LogP contribution in [0, 0.1) is 5.82 Å². The summed E-state index contributed by atoms with van der Waals surface area (Å²) in [5.41, 5.74) is 1.99. The zero-order chi connectivity index (χ0) is 21.8. The molecule has 0 heterocycles. The van der Waals surface area contributed by atoms with Crippen LogP contribution in [0.1, 0.15) is 24.0 Å². The Labute approximate surface area is 178 Å². The molecule has 0 spiro atoms. The predicted molar refractivity (Wildman–Crippen MR) is 118 cm³/mol. The van der Waals surface area contributed by atoms with E-state index in [9.17, 15) is 9.18 Å². The molecule has 6 heteroatoms. The highest BCUT2D eigenvalue weighted by molar-refractivity contribution is 5.78. The van der Waals surface area contributed by atoms with Gasteiger partial charge in [0.25, 0.3) is 0 Å². The molecule has 0 unspecified atom stereocenters. The number of para-hydroxylation sites is 1. The lowest BCUT2D eigenvalue weighted by molar-refractivity contribution is -0.120. The van der Waals surface area contributed by atoms with Gasteiger partial charge < -0.3 is 19.7 Å². The predicted octanol–water partition coefficient (Wildman–Crippen LogP) is 3.93. The minimum atomic E-state index is -0.266. The van der Waals surface area contributed by atoms with E-state index < -0.39 is 0 Å². The molecule has 1 amide bonds. The van der Waals surface area contributed by atoms with Crippen molar-refractivity contribution >= 4 is 12.0 Å². The first-order valence-electron chi connectivity index (χ1n) is 10.1.